The topological polar surface area (TPSA) is 31.6 Å². The molecule has 27 heavy (non-hydrogen) atoms. The smallest absolute Gasteiger partial charge is 0.142 e. The zero-order valence-corrected chi connectivity index (χ0v) is 15.3. The first-order chi connectivity index (χ1) is 13.3. The minimum atomic E-state index is 0.797. The van der Waals surface area contributed by atoms with Crippen LogP contribution in [0.15, 0.2) is 89.3 Å². The Hall–Kier alpha value is -3.46. The largest absolute Gasteiger partial charge is 0.497 e. The number of benzene rings is 3. The van der Waals surface area contributed by atoms with Gasteiger partial charge in [0.2, 0.25) is 0 Å². The molecule has 0 fully saturated rings. The highest BCUT2D eigenvalue weighted by Gasteiger charge is 2.16. The van der Waals surface area contributed by atoms with Gasteiger partial charge in [-0.05, 0) is 35.9 Å². The lowest BCUT2D eigenvalue weighted by Crippen LogP contribution is -1.85. The highest BCUT2D eigenvalue weighted by atomic mass is 16.5. The van der Waals surface area contributed by atoms with E-state index in [-0.39, 0.29) is 0 Å². The van der Waals surface area contributed by atoms with Crippen molar-refractivity contribution < 1.29 is 13.9 Å². The minimum absolute atomic E-state index is 0.797. The third-order valence-corrected chi connectivity index (χ3v) is 4.52. The molecule has 0 bridgehead atoms. The Morgan fingerprint density at radius 2 is 1.30 bits per heavy atom. The summed E-state index contributed by atoms with van der Waals surface area (Å²) in [4.78, 5) is 0. The number of furan rings is 1. The number of hydrogen-bond donors (Lipinski definition) is 0. The summed E-state index contributed by atoms with van der Waals surface area (Å²) in [7, 11) is 3.34. The second kappa shape index (κ2) is 7.42. The van der Waals surface area contributed by atoms with E-state index in [1.54, 1.807) is 14.2 Å². The van der Waals surface area contributed by atoms with Gasteiger partial charge in [0.05, 0.1) is 14.2 Å². The summed E-state index contributed by atoms with van der Waals surface area (Å²) >= 11 is 0. The van der Waals surface area contributed by atoms with Crippen LogP contribution in [0.5, 0.6) is 11.5 Å². The Balaban J connectivity index is 1.88. The zero-order valence-electron chi connectivity index (χ0n) is 15.3. The number of ether oxygens (including phenoxy) is 2. The first-order valence-electron chi connectivity index (χ1n) is 8.76. The van der Waals surface area contributed by atoms with E-state index in [9.17, 15) is 0 Å². The molecule has 0 amide bonds. The fourth-order valence-electron chi connectivity index (χ4n) is 3.10. The van der Waals surface area contributed by atoms with Crippen LogP contribution >= 0.6 is 0 Å². The van der Waals surface area contributed by atoms with Crippen LogP contribution < -0.4 is 9.47 Å². The molecule has 3 nitrogen and oxygen atoms in total. The second-order valence-electron chi connectivity index (χ2n) is 6.18. The Morgan fingerprint density at radius 1 is 0.593 bits per heavy atom. The summed E-state index contributed by atoms with van der Waals surface area (Å²) < 4.78 is 17.0. The van der Waals surface area contributed by atoms with Crippen LogP contribution in [0.1, 0.15) is 0 Å². The normalized spacial score (nSPS) is 10.6. The van der Waals surface area contributed by atoms with Crippen LogP contribution in [0.2, 0.25) is 0 Å². The molecule has 0 unspecified atom stereocenters. The molecule has 0 radical (unpaired) electrons. The van der Waals surface area contributed by atoms with Gasteiger partial charge in [0.1, 0.15) is 23.0 Å². The lowest BCUT2D eigenvalue weighted by molar-refractivity contribution is 0.415. The molecule has 1 heterocycles. The van der Waals surface area contributed by atoms with Crippen LogP contribution in [-0.2, 0) is 0 Å². The molecular formula is C24H20O3. The van der Waals surface area contributed by atoms with Crippen molar-refractivity contribution in [2.75, 3.05) is 14.2 Å². The minimum Gasteiger partial charge on any atom is -0.497 e. The third-order valence-electron chi connectivity index (χ3n) is 4.52. The van der Waals surface area contributed by atoms with E-state index in [1.165, 1.54) is 0 Å². The van der Waals surface area contributed by atoms with Crippen molar-refractivity contribution in [1.29, 1.82) is 0 Å². The van der Waals surface area contributed by atoms with Crippen LogP contribution in [-0.4, -0.2) is 14.2 Å². The van der Waals surface area contributed by atoms with E-state index in [0.29, 0.717) is 0 Å². The van der Waals surface area contributed by atoms with Gasteiger partial charge in [-0.2, -0.15) is 0 Å². The molecule has 0 aliphatic rings. The van der Waals surface area contributed by atoms with Gasteiger partial charge < -0.3 is 13.9 Å². The Morgan fingerprint density at radius 3 is 2.00 bits per heavy atom. The standard InChI is InChI=1S/C24H20O3/c1-25-20-13-11-17(12-14-20)22-16-23(18-7-4-3-5-8-18)27-24(22)19-9-6-10-21(15-19)26-2/h3-16H,1-2H3. The fourth-order valence-corrected chi connectivity index (χ4v) is 3.10. The Bertz CT molecular complexity index is 1030. The van der Waals surface area contributed by atoms with Gasteiger partial charge in [0.15, 0.2) is 0 Å². The molecule has 0 atom stereocenters. The molecule has 134 valence electrons. The van der Waals surface area contributed by atoms with E-state index in [1.807, 2.05) is 78.9 Å². The summed E-state index contributed by atoms with van der Waals surface area (Å²) in [5, 5.41) is 0. The first-order valence-corrected chi connectivity index (χ1v) is 8.76. The van der Waals surface area contributed by atoms with Crippen LogP contribution in [0.3, 0.4) is 0 Å². The molecule has 0 aliphatic heterocycles. The van der Waals surface area contributed by atoms with Gasteiger partial charge in [-0.3, -0.25) is 0 Å². The monoisotopic (exact) mass is 356 g/mol. The van der Waals surface area contributed by atoms with E-state index in [0.717, 1.165) is 45.3 Å². The summed E-state index contributed by atoms with van der Waals surface area (Å²) in [6.45, 7) is 0. The molecular weight excluding hydrogens is 336 g/mol. The van der Waals surface area contributed by atoms with Crippen LogP contribution in [0, 0.1) is 0 Å². The second-order valence-corrected chi connectivity index (χ2v) is 6.18. The Labute approximate surface area is 158 Å². The number of rotatable bonds is 5. The molecule has 4 rings (SSSR count). The van der Waals surface area contributed by atoms with E-state index in [4.69, 9.17) is 13.9 Å². The fraction of sp³-hybridized carbons (Fsp3) is 0.0833. The molecule has 3 heteroatoms. The SMILES string of the molecule is COc1ccc(-c2cc(-c3ccccc3)oc2-c2cccc(OC)c2)cc1. The summed E-state index contributed by atoms with van der Waals surface area (Å²) in [5.41, 5.74) is 4.12. The van der Waals surface area contributed by atoms with Gasteiger partial charge in [-0.25, -0.2) is 0 Å². The van der Waals surface area contributed by atoms with Gasteiger partial charge in [-0.1, -0.05) is 54.6 Å². The predicted molar refractivity (Wildman–Crippen MR) is 108 cm³/mol. The number of hydrogen-bond acceptors (Lipinski definition) is 3. The summed E-state index contributed by atoms with van der Waals surface area (Å²) in [6, 6.07) is 28.1. The van der Waals surface area contributed by atoms with Crippen molar-refractivity contribution in [3.05, 3.63) is 84.9 Å². The maximum atomic E-state index is 6.31. The van der Waals surface area contributed by atoms with Gasteiger partial charge >= 0.3 is 0 Å². The third kappa shape index (κ3) is 3.44. The van der Waals surface area contributed by atoms with E-state index >= 15 is 0 Å². The lowest BCUT2D eigenvalue weighted by Gasteiger charge is -2.06. The van der Waals surface area contributed by atoms with E-state index in [2.05, 4.69) is 6.07 Å². The maximum Gasteiger partial charge on any atom is 0.142 e. The molecule has 0 spiro atoms. The van der Waals surface area contributed by atoms with Crippen molar-refractivity contribution in [2.45, 2.75) is 0 Å². The highest BCUT2D eigenvalue weighted by molar-refractivity contribution is 5.84. The molecule has 1 aromatic heterocycles. The number of methoxy groups -OCH3 is 2. The summed E-state index contributed by atoms with van der Waals surface area (Å²) in [6.07, 6.45) is 0. The first kappa shape index (κ1) is 17.0. The van der Waals surface area contributed by atoms with Crippen molar-refractivity contribution in [1.82, 2.24) is 0 Å². The van der Waals surface area contributed by atoms with Crippen LogP contribution in [0.25, 0.3) is 33.8 Å². The molecule has 0 aliphatic carbocycles. The van der Waals surface area contributed by atoms with Gasteiger partial charge in [0, 0.05) is 16.7 Å². The van der Waals surface area contributed by atoms with Crippen LogP contribution in [0.4, 0.5) is 0 Å². The molecule has 0 N–H and O–H groups in total. The quantitative estimate of drug-likeness (QED) is 0.421. The van der Waals surface area contributed by atoms with E-state index < -0.39 is 0 Å². The maximum absolute atomic E-state index is 6.31. The highest BCUT2D eigenvalue weighted by Crippen LogP contribution is 2.40. The average Bonchev–Trinajstić information content (AvgIpc) is 3.20. The average molecular weight is 356 g/mol. The zero-order chi connectivity index (χ0) is 18.6. The molecule has 0 saturated heterocycles. The Kier molecular flexibility index (Phi) is 4.67. The van der Waals surface area contributed by atoms with Crippen molar-refractivity contribution >= 4 is 0 Å². The van der Waals surface area contributed by atoms with Crippen molar-refractivity contribution in [3.63, 3.8) is 0 Å². The lowest BCUT2D eigenvalue weighted by atomic mass is 10.0. The molecule has 3 aromatic carbocycles. The molecule has 0 saturated carbocycles. The van der Waals surface area contributed by atoms with Gasteiger partial charge in [-0.15, -0.1) is 0 Å². The predicted octanol–water partition coefficient (Wildman–Crippen LogP) is 6.30. The molecule has 4 aromatic rings. The van der Waals surface area contributed by atoms with Crippen molar-refractivity contribution in [3.8, 4) is 45.3 Å². The van der Waals surface area contributed by atoms with Gasteiger partial charge in [0.25, 0.3) is 0 Å². The summed E-state index contributed by atoms with van der Waals surface area (Å²) in [5.74, 6) is 3.27. The van der Waals surface area contributed by atoms with Crippen molar-refractivity contribution in [2.24, 2.45) is 0 Å².